The minimum absolute atomic E-state index is 0.0493. The van der Waals surface area contributed by atoms with E-state index in [1.807, 2.05) is 13.0 Å². The molecule has 0 aliphatic rings. The molecule has 1 N–H and O–H groups in total. The highest BCUT2D eigenvalue weighted by Crippen LogP contribution is 2.21. The van der Waals surface area contributed by atoms with Crippen molar-refractivity contribution in [2.24, 2.45) is 0 Å². The van der Waals surface area contributed by atoms with Crippen molar-refractivity contribution in [1.82, 2.24) is 14.8 Å². The second-order valence-corrected chi connectivity index (χ2v) is 5.35. The normalized spacial score (nSPS) is 10.7. The van der Waals surface area contributed by atoms with Crippen LogP contribution in [0.3, 0.4) is 0 Å². The Morgan fingerprint density at radius 1 is 1.12 bits per heavy atom. The van der Waals surface area contributed by atoms with E-state index in [-0.39, 0.29) is 17.4 Å². The van der Waals surface area contributed by atoms with E-state index in [0.717, 1.165) is 23.8 Å². The van der Waals surface area contributed by atoms with Crippen molar-refractivity contribution < 1.29 is 13.6 Å². The topological polar surface area (TPSA) is 59.8 Å². The number of benzene rings is 2. The van der Waals surface area contributed by atoms with Gasteiger partial charge in [0.2, 0.25) is 5.95 Å². The van der Waals surface area contributed by atoms with Gasteiger partial charge in [-0.1, -0.05) is 12.1 Å². The second kappa shape index (κ2) is 6.19. The van der Waals surface area contributed by atoms with E-state index in [1.165, 1.54) is 17.9 Å². The summed E-state index contributed by atoms with van der Waals surface area (Å²) in [7, 11) is 0. The summed E-state index contributed by atoms with van der Waals surface area (Å²) < 4.78 is 27.8. The lowest BCUT2D eigenvalue weighted by Gasteiger charge is -2.07. The van der Waals surface area contributed by atoms with Crippen LogP contribution in [0, 0.1) is 18.6 Å². The van der Waals surface area contributed by atoms with Gasteiger partial charge in [-0.05, 0) is 37.6 Å². The van der Waals surface area contributed by atoms with Crippen LogP contribution < -0.4 is 5.32 Å². The number of nitrogens with one attached hydrogen (secondary N) is 1. The molecule has 0 saturated heterocycles. The molecule has 7 heteroatoms. The number of ketones is 1. The maximum absolute atomic E-state index is 13.3. The van der Waals surface area contributed by atoms with E-state index in [0.29, 0.717) is 11.3 Å². The van der Waals surface area contributed by atoms with Crippen LogP contribution in [0.2, 0.25) is 0 Å². The largest absolute Gasteiger partial charge is 0.323 e. The number of hydrogen-bond acceptors (Lipinski definition) is 4. The average molecular weight is 328 g/mol. The molecule has 0 aliphatic heterocycles. The SMILES string of the molecule is CC(=O)c1ccc(C)c(Nc2ncn(-c3cc(F)cc(F)c3)n2)c1. The second-order valence-electron chi connectivity index (χ2n) is 5.35. The molecule has 0 amide bonds. The molecule has 5 nitrogen and oxygen atoms in total. The Morgan fingerprint density at radius 3 is 2.50 bits per heavy atom. The van der Waals surface area contributed by atoms with Gasteiger partial charge in [-0.2, -0.15) is 4.98 Å². The van der Waals surface area contributed by atoms with Crippen LogP contribution in [-0.2, 0) is 0 Å². The molecule has 0 spiro atoms. The number of nitrogens with zero attached hydrogens (tertiary/aromatic N) is 3. The maximum atomic E-state index is 13.3. The molecule has 0 fully saturated rings. The summed E-state index contributed by atoms with van der Waals surface area (Å²) in [6.45, 7) is 3.37. The van der Waals surface area contributed by atoms with E-state index >= 15 is 0 Å². The number of hydrogen-bond donors (Lipinski definition) is 1. The van der Waals surface area contributed by atoms with Gasteiger partial charge in [-0.25, -0.2) is 13.5 Å². The van der Waals surface area contributed by atoms with Gasteiger partial charge in [0.1, 0.15) is 18.0 Å². The molecule has 1 aromatic heterocycles. The third-order valence-electron chi connectivity index (χ3n) is 3.49. The first-order valence-corrected chi connectivity index (χ1v) is 7.19. The summed E-state index contributed by atoms with van der Waals surface area (Å²) in [6, 6.07) is 8.37. The molecule has 3 rings (SSSR count). The highest BCUT2D eigenvalue weighted by Gasteiger charge is 2.09. The Hall–Kier alpha value is -3.09. The molecule has 2 aromatic carbocycles. The highest BCUT2D eigenvalue weighted by atomic mass is 19.1. The molecule has 24 heavy (non-hydrogen) atoms. The molecule has 1 heterocycles. The zero-order valence-electron chi connectivity index (χ0n) is 13.0. The Labute approximate surface area is 137 Å². The predicted octanol–water partition coefficient (Wildman–Crippen LogP) is 3.80. The fourth-order valence-corrected chi connectivity index (χ4v) is 2.21. The number of Topliss-reactive ketones (excluding diaryl/α,β-unsaturated/α-hetero) is 1. The standard InChI is InChI=1S/C17H14F2N4O/c1-10-3-4-12(11(2)24)5-16(10)21-17-20-9-23(22-17)15-7-13(18)6-14(19)8-15/h3-9H,1-2H3,(H,21,22). The molecular weight excluding hydrogens is 314 g/mol. The van der Waals surface area contributed by atoms with Crippen molar-refractivity contribution in [3.63, 3.8) is 0 Å². The number of anilines is 2. The highest BCUT2D eigenvalue weighted by molar-refractivity contribution is 5.95. The molecule has 122 valence electrons. The molecule has 3 aromatic rings. The zero-order chi connectivity index (χ0) is 17.3. The van der Waals surface area contributed by atoms with E-state index in [9.17, 15) is 13.6 Å². The van der Waals surface area contributed by atoms with Gasteiger partial charge in [0.05, 0.1) is 5.69 Å². The minimum atomic E-state index is -0.694. The van der Waals surface area contributed by atoms with Crippen LogP contribution in [-0.4, -0.2) is 20.5 Å². The van der Waals surface area contributed by atoms with Crippen LogP contribution in [0.5, 0.6) is 0 Å². The number of aryl methyl sites for hydroxylation is 1. The molecule has 0 bridgehead atoms. The Kier molecular flexibility index (Phi) is 4.07. The van der Waals surface area contributed by atoms with Crippen molar-refractivity contribution in [3.8, 4) is 5.69 Å². The molecule has 0 saturated carbocycles. The number of rotatable bonds is 4. The van der Waals surface area contributed by atoms with Crippen molar-refractivity contribution >= 4 is 17.4 Å². The lowest BCUT2D eigenvalue weighted by Crippen LogP contribution is -2.01. The van der Waals surface area contributed by atoms with E-state index in [4.69, 9.17) is 0 Å². The van der Waals surface area contributed by atoms with Gasteiger partial charge in [0.25, 0.3) is 0 Å². The first kappa shape index (κ1) is 15.8. The molecule has 0 radical (unpaired) electrons. The quantitative estimate of drug-likeness (QED) is 0.740. The van der Waals surface area contributed by atoms with Crippen LogP contribution in [0.1, 0.15) is 22.8 Å². The van der Waals surface area contributed by atoms with Gasteiger partial charge in [0, 0.05) is 17.3 Å². The first-order valence-electron chi connectivity index (χ1n) is 7.19. The lowest BCUT2D eigenvalue weighted by atomic mass is 10.1. The van der Waals surface area contributed by atoms with Gasteiger partial charge < -0.3 is 5.32 Å². The summed E-state index contributed by atoms with van der Waals surface area (Å²) in [6.07, 6.45) is 1.35. The van der Waals surface area contributed by atoms with Crippen molar-refractivity contribution in [2.45, 2.75) is 13.8 Å². The van der Waals surface area contributed by atoms with Crippen molar-refractivity contribution in [3.05, 3.63) is 65.5 Å². The third-order valence-corrected chi connectivity index (χ3v) is 3.49. The van der Waals surface area contributed by atoms with Crippen molar-refractivity contribution in [2.75, 3.05) is 5.32 Å². The Morgan fingerprint density at radius 2 is 1.83 bits per heavy atom. The maximum Gasteiger partial charge on any atom is 0.246 e. The minimum Gasteiger partial charge on any atom is -0.323 e. The van der Waals surface area contributed by atoms with Gasteiger partial charge in [0.15, 0.2) is 5.78 Å². The Bertz CT molecular complexity index is 900. The van der Waals surface area contributed by atoms with Gasteiger partial charge in [-0.15, -0.1) is 5.10 Å². The summed E-state index contributed by atoms with van der Waals surface area (Å²) >= 11 is 0. The number of carbonyl (C=O) groups excluding carboxylic acids is 1. The third kappa shape index (κ3) is 3.29. The van der Waals surface area contributed by atoms with Crippen LogP contribution >= 0.6 is 0 Å². The first-order chi connectivity index (χ1) is 11.4. The number of carbonyl (C=O) groups is 1. The Balaban J connectivity index is 1.89. The molecule has 0 atom stereocenters. The van der Waals surface area contributed by atoms with E-state index < -0.39 is 11.6 Å². The summed E-state index contributed by atoms with van der Waals surface area (Å²) in [5.74, 6) is -1.18. The zero-order valence-corrected chi connectivity index (χ0v) is 13.0. The van der Waals surface area contributed by atoms with E-state index in [2.05, 4.69) is 15.4 Å². The summed E-state index contributed by atoms with van der Waals surface area (Å²) in [5, 5.41) is 7.15. The monoisotopic (exact) mass is 328 g/mol. The lowest BCUT2D eigenvalue weighted by molar-refractivity contribution is 0.101. The molecule has 0 unspecified atom stereocenters. The fraction of sp³-hybridized carbons (Fsp3) is 0.118. The van der Waals surface area contributed by atoms with Gasteiger partial charge in [-0.3, -0.25) is 4.79 Å². The summed E-state index contributed by atoms with van der Waals surface area (Å²) in [4.78, 5) is 15.6. The smallest absolute Gasteiger partial charge is 0.246 e. The average Bonchev–Trinajstić information content (AvgIpc) is 2.97. The van der Waals surface area contributed by atoms with Crippen LogP contribution in [0.4, 0.5) is 20.4 Å². The van der Waals surface area contributed by atoms with Crippen LogP contribution in [0.15, 0.2) is 42.7 Å². The summed E-state index contributed by atoms with van der Waals surface area (Å²) in [5.41, 5.74) is 2.39. The van der Waals surface area contributed by atoms with Crippen molar-refractivity contribution in [1.29, 1.82) is 0 Å². The fourth-order valence-electron chi connectivity index (χ4n) is 2.21. The van der Waals surface area contributed by atoms with Gasteiger partial charge >= 0.3 is 0 Å². The van der Waals surface area contributed by atoms with E-state index in [1.54, 1.807) is 12.1 Å². The van der Waals surface area contributed by atoms with Crippen LogP contribution in [0.25, 0.3) is 5.69 Å². The predicted molar refractivity (Wildman–Crippen MR) is 85.7 cm³/mol. The molecule has 0 aliphatic carbocycles. The number of halogens is 2. The number of aromatic nitrogens is 3. The molecular formula is C17H14F2N4O.